The van der Waals surface area contributed by atoms with E-state index in [2.05, 4.69) is 12.0 Å². The molecule has 1 saturated carbocycles. The molecule has 2 N–H and O–H groups in total. The van der Waals surface area contributed by atoms with Gasteiger partial charge in [-0.3, -0.25) is 4.68 Å². The summed E-state index contributed by atoms with van der Waals surface area (Å²) in [5, 5.41) is 4.17. The average Bonchev–Trinajstić information content (AvgIpc) is 2.32. The molecule has 0 unspecified atom stereocenters. The number of hydrogen-bond acceptors (Lipinski definition) is 2. The van der Waals surface area contributed by atoms with Gasteiger partial charge in [0.1, 0.15) is 5.82 Å². The molecule has 0 amide bonds. The number of rotatable bonds is 2. The molecule has 1 heterocycles. The maximum absolute atomic E-state index is 5.52. The molecule has 0 radical (unpaired) electrons. The van der Waals surface area contributed by atoms with E-state index >= 15 is 0 Å². The summed E-state index contributed by atoms with van der Waals surface area (Å²) in [5.74, 6) is 0.623. The summed E-state index contributed by atoms with van der Waals surface area (Å²) >= 11 is 0. The largest absolute Gasteiger partial charge is 0.382 e. The minimum atomic E-state index is 0.485. The van der Waals surface area contributed by atoms with E-state index in [9.17, 15) is 0 Å². The van der Waals surface area contributed by atoms with Crippen molar-refractivity contribution in [2.75, 3.05) is 5.73 Å². The van der Waals surface area contributed by atoms with Gasteiger partial charge in [-0.2, -0.15) is 5.10 Å². The molecule has 2 rings (SSSR count). The van der Waals surface area contributed by atoms with Crippen molar-refractivity contribution >= 4 is 5.82 Å². The zero-order valence-electron chi connectivity index (χ0n) is 7.45. The zero-order chi connectivity index (χ0) is 8.60. The lowest BCUT2D eigenvalue weighted by molar-refractivity contribution is 0.126. The molecule has 1 fully saturated rings. The zero-order valence-corrected chi connectivity index (χ0v) is 7.45. The maximum atomic E-state index is 5.52. The summed E-state index contributed by atoms with van der Waals surface area (Å²) in [6.45, 7) is 3.33. The fourth-order valence-electron chi connectivity index (χ4n) is 1.79. The standard InChI is InChI=1S/C9H15N3/c1-9(4-2-5-9)7-12-6-3-8(10)11-12/h3,6H,2,4-5,7H2,1H3,(H2,10,11). The van der Waals surface area contributed by atoms with Crippen LogP contribution in [0.1, 0.15) is 26.2 Å². The fraction of sp³-hybridized carbons (Fsp3) is 0.667. The first-order valence-electron chi connectivity index (χ1n) is 4.47. The van der Waals surface area contributed by atoms with Crippen molar-refractivity contribution in [2.24, 2.45) is 5.41 Å². The minimum Gasteiger partial charge on any atom is -0.382 e. The number of hydrogen-bond donors (Lipinski definition) is 1. The topological polar surface area (TPSA) is 43.8 Å². The van der Waals surface area contributed by atoms with E-state index in [4.69, 9.17) is 5.73 Å². The second-order valence-electron chi connectivity index (χ2n) is 4.10. The van der Waals surface area contributed by atoms with E-state index in [1.807, 2.05) is 16.9 Å². The number of nitrogens with two attached hydrogens (primary N) is 1. The highest BCUT2D eigenvalue weighted by atomic mass is 15.3. The van der Waals surface area contributed by atoms with Gasteiger partial charge in [0.05, 0.1) is 0 Å². The number of anilines is 1. The summed E-state index contributed by atoms with van der Waals surface area (Å²) in [6, 6.07) is 1.85. The van der Waals surface area contributed by atoms with Gasteiger partial charge in [0.15, 0.2) is 0 Å². The number of nitrogens with zero attached hydrogens (tertiary/aromatic N) is 2. The SMILES string of the molecule is CC1(Cn2ccc(N)n2)CCC1. The van der Waals surface area contributed by atoms with Crippen molar-refractivity contribution in [3.63, 3.8) is 0 Å². The fourth-order valence-corrected chi connectivity index (χ4v) is 1.79. The molecule has 3 heteroatoms. The van der Waals surface area contributed by atoms with Crippen molar-refractivity contribution in [1.82, 2.24) is 9.78 Å². The molecule has 12 heavy (non-hydrogen) atoms. The predicted molar refractivity (Wildman–Crippen MR) is 48.6 cm³/mol. The molecule has 0 spiro atoms. The van der Waals surface area contributed by atoms with Crippen molar-refractivity contribution in [3.8, 4) is 0 Å². The Labute approximate surface area is 72.6 Å². The smallest absolute Gasteiger partial charge is 0.145 e. The molecule has 3 nitrogen and oxygen atoms in total. The van der Waals surface area contributed by atoms with Crippen LogP contribution in [0.4, 0.5) is 5.82 Å². The Balaban J connectivity index is 2.03. The molecule has 0 aromatic carbocycles. The molecule has 0 atom stereocenters. The highest BCUT2D eigenvalue weighted by molar-refractivity contribution is 5.23. The Morgan fingerprint density at radius 3 is 2.83 bits per heavy atom. The van der Waals surface area contributed by atoms with Crippen LogP contribution < -0.4 is 5.73 Å². The van der Waals surface area contributed by atoms with Crippen LogP contribution in [0.5, 0.6) is 0 Å². The Morgan fingerprint density at radius 2 is 2.42 bits per heavy atom. The van der Waals surface area contributed by atoms with Gasteiger partial charge >= 0.3 is 0 Å². The quantitative estimate of drug-likeness (QED) is 0.724. The van der Waals surface area contributed by atoms with Gasteiger partial charge in [-0.05, 0) is 24.3 Å². The van der Waals surface area contributed by atoms with Crippen LogP contribution in [0.15, 0.2) is 12.3 Å². The first kappa shape index (κ1) is 7.65. The van der Waals surface area contributed by atoms with Gasteiger partial charge in [-0.25, -0.2) is 0 Å². The van der Waals surface area contributed by atoms with E-state index in [0.717, 1.165) is 6.54 Å². The van der Waals surface area contributed by atoms with Crippen LogP contribution in [-0.4, -0.2) is 9.78 Å². The van der Waals surface area contributed by atoms with Crippen molar-refractivity contribution in [3.05, 3.63) is 12.3 Å². The molecule has 66 valence electrons. The van der Waals surface area contributed by atoms with E-state index in [1.54, 1.807) is 0 Å². The van der Waals surface area contributed by atoms with Gasteiger partial charge in [0.25, 0.3) is 0 Å². The molecule has 1 aliphatic rings. The monoisotopic (exact) mass is 165 g/mol. The Kier molecular flexibility index (Phi) is 1.60. The molecule has 0 bridgehead atoms. The Hall–Kier alpha value is -0.990. The van der Waals surface area contributed by atoms with Gasteiger partial charge in [0, 0.05) is 12.7 Å². The van der Waals surface area contributed by atoms with Crippen LogP contribution in [0.25, 0.3) is 0 Å². The molecule has 0 aliphatic heterocycles. The van der Waals surface area contributed by atoms with Crippen LogP contribution in [0.2, 0.25) is 0 Å². The highest BCUT2D eigenvalue weighted by Gasteiger charge is 2.32. The summed E-state index contributed by atoms with van der Waals surface area (Å²) in [5.41, 5.74) is 6.01. The van der Waals surface area contributed by atoms with Crippen LogP contribution in [-0.2, 0) is 6.54 Å². The lowest BCUT2D eigenvalue weighted by Gasteiger charge is -2.38. The average molecular weight is 165 g/mol. The molecule has 1 aromatic rings. The van der Waals surface area contributed by atoms with E-state index < -0.39 is 0 Å². The molecular formula is C9H15N3. The third-order valence-electron chi connectivity index (χ3n) is 2.77. The third-order valence-corrected chi connectivity index (χ3v) is 2.77. The minimum absolute atomic E-state index is 0.485. The van der Waals surface area contributed by atoms with E-state index in [-0.39, 0.29) is 0 Å². The number of aromatic nitrogens is 2. The normalized spacial score (nSPS) is 20.4. The van der Waals surface area contributed by atoms with Crippen LogP contribution in [0, 0.1) is 5.41 Å². The van der Waals surface area contributed by atoms with Crippen molar-refractivity contribution in [2.45, 2.75) is 32.7 Å². The first-order valence-corrected chi connectivity index (χ1v) is 4.47. The van der Waals surface area contributed by atoms with Gasteiger partial charge in [-0.1, -0.05) is 13.3 Å². The highest BCUT2D eigenvalue weighted by Crippen LogP contribution is 2.41. The summed E-state index contributed by atoms with van der Waals surface area (Å²) in [4.78, 5) is 0. The summed E-state index contributed by atoms with van der Waals surface area (Å²) in [6.07, 6.45) is 5.98. The first-order chi connectivity index (χ1) is 5.68. The van der Waals surface area contributed by atoms with Gasteiger partial charge < -0.3 is 5.73 Å². The lowest BCUT2D eigenvalue weighted by Crippen LogP contribution is -2.30. The summed E-state index contributed by atoms with van der Waals surface area (Å²) < 4.78 is 1.95. The van der Waals surface area contributed by atoms with E-state index in [0.29, 0.717) is 11.2 Å². The van der Waals surface area contributed by atoms with E-state index in [1.165, 1.54) is 19.3 Å². The van der Waals surface area contributed by atoms with Crippen molar-refractivity contribution < 1.29 is 0 Å². The van der Waals surface area contributed by atoms with Gasteiger partial charge in [-0.15, -0.1) is 0 Å². The third kappa shape index (κ3) is 1.31. The van der Waals surface area contributed by atoms with Gasteiger partial charge in [0.2, 0.25) is 0 Å². The predicted octanol–water partition coefficient (Wildman–Crippen LogP) is 1.66. The Bertz CT molecular complexity index is 273. The summed E-state index contributed by atoms with van der Waals surface area (Å²) in [7, 11) is 0. The molecule has 1 aromatic heterocycles. The van der Waals surface area contributed by atoms with Crippen LogP contribution in [0.3, 0.4) is 0 Å². The second kappa shape index (κ2) is 2.51. The van der Waals surface area contributed by atoms with Crippen LogP contribution >= 0.6 is 0 Å². The second-order valence-corrected chi connectivity index (χ2v) is 4.10. The number of nitrogen functional groups attached to an aromatic ring is 1. The Morgan fingerprint density at radius 1 is 1.67 bits per heavy atom. The molecule has 0 saturated heterocycles. The lowest BCUT2D eigenvalue weighted by atomic mass is 9.70. The molecule has 1 aliphatic carbocycles. The molecular weight excluding hydrogens is 150 g/mol. The van der Waals surface area contributed by atoms with Crippen molar-refractivity contribution in [1.29, 1.82) is 0 Å². The maximum Gasteiger partial charge on any atom is 0.145 e.